The van der Waals surface area contributed by atoms with Gasteiger partial charge in [0.25, 0.3) is 0 Å². The fourth-order valence-electron chi connectivity index (χ4n) is 4.22. The molecule has 0 spiro atoms. The van der Waals surface area contributed by atoms with Crippen LogP contribution in [-0.4, -0.2) is 30.3 Å². The molecular formula is C29H35NO7. The van der Waals surface area contributed by atoms with Crippen molar-refractivity contribution in [3.05, 3.63) is 63.4 Å². The van der Waals surface area contributed by atoms with E-state index in [4.69, 9.17) is 8.83 Å². The third-order valence-corrected chi connectivity index (χ3v) is 6.84. The van der Waals surface area contributed by atoms with Gasteiger partial charge in [0, 0.05) is 36.4 Å². The van der Waals surface area contributed by atoms with E-state index in [0.29, 0.717) is 37.9 Å². The van der Waals surface area contributed by atoms with Crippen LogP contribution < -0.4 is 5.63 Å². The third-order valence-electron chi connectivity index (χ3n) is 6.84. The molecule has 0 saturated carbocycles. The van der Waals surface area contributed by atoms with Crippen molar-refractivity contribution in [2.45, 2.75) is 66.2 Å². The second-order valence-electron chi connectivity index (χ2n) is 9.98. The number of fused-ring (bicyclic) bond motifs is 1. The number of nitrogens with zero attached hydrogens (tertiary/aromatic N) is 1. The Labute approximate surface area is 216 Å². The van der Waals surface area contributed by atoms with E-state index in [2.05, 4.69) is 22.7 Å². The van der Waals surface area contributed by atoms with Crippen LogP contribution in [0.15, 0.2) is 49.0 Å². The first-order valence-corrected chi connectivity index (χ1v) is 12.6. The number of aryl methyl sites for hydroxylation is 2. The lowest BCUT2D eigenvalue weighted by Gasteiger charge is -2.30. The van der Waals surface area contributed by atoms with Gasteiger partial charge in [0.1, 0.15) is 28.4 Å². The van der Waals surface area contributed by atoms with Crippen LogP contribution in [0.3, 0.4) is 0 Å². The maximum atomic E-state index is 13.3. The van der Waals surface area contributed by atoms with E-state index in [1.165, 1.54) is 25.0 Å². The smallest absolute Gasteiger partial charge is 0.432 e. The molecule has 1 atom stereocenters. The molecule has 0 aliphatic carbocycles. The van der Waals surface area contributed by atoms with Crippen LogP contribution in [0.1, 0.15) is 74.4 Å². The van der Waals surface area contributed by atoms with E-state index in [1.807, 2.05) is 32.0 Å². The summed E-state index contributed by atoms with van der Waals surface area (Å²) in [5.41, 5.74) is 0.280. The molecule has 0 fully saturated rings. The topological polar surface area (TPSA) is 119 Å². The number of ether oxygens (including phenoxy) is 1. The van der Waals surface area contributed by atoms with Gasteiger partial charge in [-0.25, -0.2) is 9.59 Å². The predicted molar refractivity (Wildman–Crippen MR) is 142 cm³/mol. The first kappa shape index (κ1) is 27.9. The Bertz CT molecular complexity index is 1350. The summed E-state index contributed by atoms with van der Waals surface area (Å²) in [6, 6.07) is 9.45. The number of unbranched alkanes of at least 4 members (excludes halogenated alkanes) is 2. The lowest BCUT2D eigenvalue weighted by molar-refractivity contribution is 0.0806. The molecule has 0 bridgehead atoms. The van der Waals surface area contributed by atoms with Gasteiger partial charge in [-0.2, -0.15) is 4.99 Å². The van der Waals surface area contributed by atoms with Crippen LogP contribution in [0.5, 0.6) is 5.75 Å². The summed E-state index contributed by atoms with van der Waals surface area (Å²) in [7, 11) is 1.26. The monoisotopic (exact) mass is 509 g/mol. The zero-order chi connectivity index (χ0) is 27.2. The molecule has 8 heteroatoms. The van der Waals surface area contributed by atoms with E-state index < -0.39 is 28.8 Å². The van der Waals surface area contributed by atoms with E-state index in [0.717, 1.165) is 23.2 Å². The molecule has 1 aromatic carbocycles. The highest BCUT2D eigenvalue weighted by Gasteiger charge is 2.36. The summed E-state index contributed by atoms with van der Waals surface area (Å²) in [5.74, 6) is -0.366. The summed E-state index contributed by atoms with van der Waals surface area (Å²) in [4.78, 5) is 40.5. The number of aliphatic imine (C=N–C) groups is 1. The minimum absolute atomic E-state index is 0.296. The highest BCUT2D eigenvalue weighted by Crippen LogP contribution is 2.36. The highest BCUT2D eigenvalue weighted by molar-refractivity contribution is 6.00. The first-order valence-electron chi connectivity index (χ1n) is 12.6. The molecule has 0 aliphatic heterocycles. The van der Waals surface area contributed by atoms with Crippen molar-refractivity contribution in [3.8, 4) is 5.75 Å². The standard InChI is InChI=1S/C29H35NO7/c1-6-19-11-12-20-15-22(36-24(20)14-19)17-29(3,4)18(2)26(32)25-23(31)16-21(37-27(25)33)10-8-7-9-13-30-28(34)35-5/h11-16,18,31H,6-10,17H2,1-5H3. The minimum Gasteiger partial charge on any atom is -0.507 e. The maximum Gasteiger partial charge on any atom is 0.432 e. The fraction of sp³-hybridized carbons (Fsp3) is 0.448. The quantitative estimate of drug-likeness (QED) is 0.183. The molecule has 0 aliphatic rings. The summed E-state index contributed by atoms with van der Waals surface area (Å²) in [6.45, 7) is 7.72. The van der Waals surface area contributed by atoms with Gasteiger partial charge >= 0.3 is 11.7 Å². The van der Waals surface area contributed by atoms with Gasteiger partial charge in [0.2, 0.25) is 0 Å². The number of hydrogen-bond donors (Lipinski definition) is 1. The van der Waals surface area contributed by atoms with Crippen molar-refractivity contribution < 1.29 is 28.3 Å². The van der Waals surface area contributed by atoms with Crippen LogP contribution in [0.2, 0.25) is 0 Å². The van der Waals surface area contributed by atoms with Crippen molar-refractivity contribution in [2.75, 3.05) is 7.11 Å². The van der Waals surface area contributed by atoms with Crippen LogP contribution in [-0.2, 0) is 24.0 Å². The second-order valence-corrected chi connectivity index (χ2v) is 9.98. The van der Waals surface area contributed by atoms with Crippen LogP contribution in [0, 0.1) is 11.3 Å². The predicted octanol–water partition coefficient (Wildman–Crippen LogP) is 6.29. The number of Topliss-reactive ketones (excluding diaryl/α,β-unsaturated/α-hetero) is 1. The summed E-state index contributed by atoms with van der Waals surface area (Å²) in [6.07, 6.45) is 4.51. The Balaban J connectivity index is 1.67. The SMILES string of the molecule is CCc1ccc2cc(CC(C)(C)C(C)C(=O)c3c(O)cc(CCCCC=NC(=O)OC)oc3=O)oc2c1. The van der Waals surface area contributed by atoms with Gasteiger partial charge < -0.3 is 18.7 Å². The molecule has 1 N–H and O–H groups in total. The molecule has 0 radical (unpaired) electrons. The van der Waals surface area contributed by atoms with Crippen LogP contribution >= 0.6 is 0 Å². The number of carbonyl (C=O) groups excluding carboxylic acids is 2. The highest BCUT2D eigenvalue weighted by atomic mass is 16.5. The van der Waals surface area contributed by atoms with Gasteiger partial charge in [-0.3, -0.25) is 4.79 Å². The Kier molecular flexibility index (Phi) is 9.08. The molecule has 2 heterocycles. The normalized spacial score (nSPS) is 12.8. The second kappa shape index (κ2) is 12.0. The number of furan rings is 1. The average Bonchev–Trinajstić information content (AvgIpc) is 3.25. The Morgan fingerprint density at radius 1 is 1.14 bits per heavy atom. The Morgan fingerprint density at radius 3 is 2.57 bits per heavy atom. The molecule has 3 aromatic rings. The van der Waals surface area contributed by atoms with Crippen molar-refractivity contribution >= 4 is 29.1 Å². The Morgan fingerprint density at radius 2 is 1.89 bits per heavy atom. The molecule has 198 valence electrons. The van der Waals surface area contributed by atoms with Crippen LogP contribution in [0.4, 0.5) is 4.79 Å². The lowest BCUT2D eigenvalue weighted by Crippen LogP contribution is -2.33. The fourth-order valence-corrected chi connectivity index (χ4v) is 4.22. The summed E-state index contributed by atoms with van der Waals surface area (Å²) >= 11 is 0. The number of benzene rings is 1. The number of carbonyl (C=O) groups is 2. The zero-order valence-corrected chi connectivity index (χ0v) is 22.1. The summed E-state index contributed by atoms with van der Waals surface area (Å²) in [5, 5.41) is 11.6. The van der Waals surface area contributed by atoms with E-state index >= 15 is 0 Å². The zero-order valence-electron chi connectivity index (χ0n) is 22.1. The molecule has 37 heavy (non-hydrogen) atoms. The van der Waals surface area contributed by atoms with Crippen molar-refractivity contribution in [1.29, 1.82) is 0 Å². The molecule has 3 rings (SSSR count). The van der Waals surface area contributed by atoms with Crippen LogP contribution in [0.25, 0.3) is 11.0 Å². The number of amides is 1. The van der Waals surface area contributed by atoms with Crippen molar-refractivity contribution in [1.82, 2.24) is 0 Å². The van der Waals surface area contributed by atoms with Gasteiger partial charge in [0.15, 0.2) is 5.78 Å². The molecular weight excluding hydrogens is 474 g/mol. The molecule has 0 saturated heterocycles. The first-order chi connectivity index (χ1) is 17.6. The Hall–Kier alpha value is -3.68. The van der Waals surface area contributed by atoms with Crippen molar-refractivity contribution in [3.63, 3.8) is 0 Å². The van der Waals surface area contributed by atoms with Gasteiger partial charge in [-0.1, -0.05) is 39.8 Å². The number of rotatable bonds is 11. The number of aromatic hydroxyl groups is 1. The largest absolute Gasteiger partial charge is 0.507 e. The van der Waals surface area contributed by atoms with Gasteiger partial charge in [-0.15, -0.1) is 0 Å². The number of hydrogen-bond acceptors (Lipinski definition) is 7. The molecule has 8 nitrogen and oxygen atoms in total. The maximum absolute atomic E-state index is 13.3. The third kappa shape index (κ3) is 6.96. The average molecular weight is 510 g/mol. The lowest BCUT2D eigenvalue weighted by atomic mass is 9.73. The van der Waals surface area contributed by atoms with E-state index in [-0.39, 0.29) is 11.3 Å². The number of ketones is 1. The minimum atomic E-state index is -0.842. The van der Waals surface area contributed by atoms with Gasteiger partial charge in [-0.05, 0) is 48.8 Å². The molecule has 1 unspecified atom stereocenters. The van der Waals surface area contributed by atoms with E-state index in [9.17, 15) is 19.5 Å². The van der Waals surface area contributed by atoms with Crippen molar-refractivity contribution in [2.24, 2.45) is 16.3 Å². The molecule has 1 amide bonds. The van der Waals surface area contributed by atoms with E-state index in [1.54, 1.807) is 6.92 Å². The van der Waals surface area contributed by atoms with Gasteiger partial charge in [0.05, 0.1) is 7.11 Å². The summed E-state index contributed by atoms with van der Waals surface area (Å²) < 4.78 is 15.8. The number of methoxy groups -OCH3 is 1. The molecule has 2 aromatic heterocycles.